The average molecular weight is 341 g/mol. The van der Waals surface area contributed by atoms with Gasteiger partial charge < -0.3 is 5.32 Å². The van der Waals surface area contributed by atoms with E-state index in [1.165, 1.54) is 0 Å². The number of carbonyl (C=O) groups is 2. The maximum Gasteiger partial charge on any atom is 0.253 e. The van der Waals surface area contributed by atoms with Gasteiger partial charge in [-0.1, -0.05) is 29.8 Å². The fourth-order valence-electron chi connectivity index (χ4n) is 2.63. The standard InChI is InChI=1S/C19H17ClN2O2/c1-12-2-3-14-11-15(19(24)22-17(14)10-12)8-9-21-18(23)13-4-6-16(20)7-5-13/h2-7,10-11,15H,8-9H2,1H3,(H,21,23). The van der Waals surface area contributed by atoms with Crippen molar-refractivity contribution in [1.82, 2.24) is 5.32 Å². The van der Waals surface area contributed by atoms with Crippen LogP contribution in [-0.4, -0.2) is 18.4 Å². The van der Waals surface area contributed by atoms with Gasteiger partial charge in [0.15, 0.2) is 0 Å². The van der Waals surface area contributed by atoms with E-state index in [0.717, 1.165) is 16.1 Å². The van der Waals surface area contributed by atoms with Crippen molar-refractivity contribution < 1.29 is 9.59 Å². The Labute approximate surface area is 144 Å². The lowest BCUT2D eigenvalue weighted by molar-refractivity contribution is -0.120. The maximum absolute atomic E-state index is 12.1. The Kier molecular flexibility index (Phi) is 4.76. The number of halogens is 1. The maximum atomic E-state index is 12.1. The molecule has 5 heteroatoms. The Balaban J connectivity index is 1.63. The third-order valence-electron chi connectivity index (χ3n) is 3.96. The van der Waals surface area contributed by atoms with Crippen LogP contribution >= 0.6 is 11.6 Å². The fraction of sp³-hybridized carbons (Fsp3) is 0.211. The number of nitrogens with one attached hydrogen (secondary N) is 1. The number of aryl methyl sites for hydroxylation is 1. The van der Waals surface area contributed by atoms with Crippen LogP contribution in [0.4, 0.5) is 0 Å². The van der Waals surface area contributed by atoms with Crippen molar-refractivity contribution in [3.8, 4) is 0 Å². The minimum Gasteiger partial charge on any atom is -0.352 e. The molecule has 0 spiro atoms. The highest BCUT2D eigenvalue weighted by Gasteiger charge is 2.18. The van der Waals surface area contributed by atoms with Gasteiger partial charge in [-0.05, 0) is 54.5 Å². The largest absolute Gasteiger partial charge is 0.352 e. The van der Waals surface area contributed by atoms with Gasteiger partial charge in [0.25, 0.3) is 11.8 Å². The highest BCUT2D eigenvalue weighted by atomic mass is 35.5. The fourth-order valence-corrected chi connectivity index (χ4v) is 2.76. The third-order valence-corrected chi connectivity index (χ3v) is 4.21. The van der Waals surface area contributed by atoms with Gasteiger partial charge in [0.2, 0.25) is 0 Å². The normalized spacial score (nSPS) is 15.9. The van der Waals surface area contributed by atoms with Crippen molar-refractivity contribution in [1.29, 1.82) is 0 Å². The summed E-state index contributed by atoms with van der Waals surface area (Å²) in [5.41, 5.74) is 1.62. The van der Waals surface area contributed by atoms with Crippen LogP contribution in [0.1, 0.15) is 22.3 Å². The quantitative estimate of drug-likeness (QED) is 0.925. The molecule has 24 heavy (non-hydrogen) atoms. The monoisotopic (exact) mass is 340 g/mol. The first-order valence-electron chi connectivity index (χ1n) is 7.78. The van der Waals surface area contributed by atoms with Crippen LogP contribution in [0.5, 0.6) is 0 Å². The van der Waals surface area contributed by atoms with E-state index >= 15 is 0 Å². The minimum atomic E-state index is -0.300. The Morgan fingerprint density at radius 1 is 1.21 bits per heavy atom. The average Bonchev–Trinajstić information content (AvgIpc) is 2.56. The molecule has 1 N–H and O–H groups in total. The number of nitrogens with zero attached hydrogens (tertiary/aromatic N) is 1. The predicted octanol–water partition coefficient (Wildman–Crippen LogP) is 2.03. The molecule has 3 rings (SSSR count). The molecular formula is C19H17ClN2O2. The van der Waals surface area contributed by atoms with Crippen molar-refractivity contribution in [2.24, 2.45) is 10.9 Å². The van der Waals surface area contributed by atoms with E-state index in [1.807, 2.05) is 31.2 Å². The summed E-state index contributed by atoms with van der Waals surface area (Å²) in [6, 6.07) is 12.6. The highest BCUT2D eigenvalue weighted by Crippen LogP contribution is 2.11. The zero-order chi connectivity index (χ0) is 17.1. The summed E-state index contributed by atoms with van der Waals surface area (Å²) in [7, 11) is 0. The van der Waals surface area contributed by atoms with Gasteiger partial charge in [0.1, 0.15) is 0 Å². The lowest BCUT2D eigenvalue weighted by Crippen LogP contribution is -2.35. The zero-order valence-electron chi connectivity index (χ0n) is 13.3. The molecule has 1 aliphatic rings. The van der Waals surface area contributed by atoms with Gasteiger partial charge in [0, 0.05) is 17.1 Å². The van der Waals surface area contributed by atoms with Crippen molar-refractivity contribution >= 4 is 29.5 Å². The van der Waals surface area contributed by atoms with Gasteiger partial charge in [-0.15, -0.1) is 0 Å². The third kappa shape index (κ3) is 3.71. The second kappa shape index (κ2) is 6.97. The Morgan fingerprint density at radius 2 is 1.96 bits per heavy atom. The summed E-state index contributed by atoms with van der Waals surface area (Å²) < 4.78 is 0. The molecule has 0 fully saturated rings. The summed E-state index contributed by atoms with van der Waals surface area (Å²) in [5.74, 6) is -0.637. The Morgan fingerprint density at radius 3 is 2.71 bits per heavy atom. The Bertz CT molecular complexity index is 904. The van der Waals surface area contributed by atoms with Crippen molar-refractivity contribution in [2.45, 2.75) is 13.3 Å². The first-order chi connectivity index (χ1) is 11.5. The van der Waals surface area contributed by atoms with E-state index in [9.17, 15) is 9.59 Å². The molecule has 2 amide bonds. The van der Waals surface area contributed by atoms with E-state index in [0.29, 0.717) is 23.6 Å². The second-order valence-electron chi connectivity index (χ2n) is 5.84. The van der Waals surface area contributed by atoms with Crippen LogP contribution in [0.3, 0.4) is 0 Å². The van der Waals surface area contributed by atoms with Gasteiger partial charge in [-0.3, -0.25) is 9.59 Å². The molecule has 0 radical (unpaired) electrons. The van der Waals surface area contributed by atoms with Gasteiger partial charge in [-0.2, -0.15) is 0 Å². The molecule has 2 aromatic rings. The molecule has 0 saturated heterocycles. The van der Waals surface area contributed by atoms with Crippen molar-refractivity contribution in [3.63, 3.8) is 0 Å². The highest BCUT2D eigenvalue weighted by molar-refractivity contribution is 6.30. The molecule has 0 aromatic heterocycles. The van der Waals surface area contributed by atoms with Crippen LogP contribution in [0, 0.1) is 12.8 Å². The summed E-state index contributed by atoms with van der Waals surface area (Å²) in [6.45, 7) is 2.38. The number of benzene rings is 2. The van der Waals surface area contributed by atoms with Crippen LogP contribution in [-0.2, 0) is 4.79 Å². The van der Waals surface area contributed by atoms with Crippen LogP contribution in [0.15, 0.2) is 47.5 Å². The van der Waals surface area contributed by atoms with Crippen molar-refractivity contribution in [2.75, 3.05) is 6.54 Å². The zero-order valence-corrected chi connectivity index (χ0v) is 14.0. The summed E-state index contributed by atoms with van der Waals surface area (Å²) in [5, 5.41) is 5.10. The number of hydrogen-bond acceptors (Lipinski definition) is 2. The first kappa shape index (κ1) is 16.4. The number of rotatable bonds is 4. The minimum absolute atomic E-state index is 0.158. The summed E-state index contributed by atoms with van der Waals surface area (Å²) in [6.07, 6.45) is 2.45. The Hall–Kier alpha value is -2.46. The number of hydrogen-bond donors (Lipinski definition) is 1. The number of carbonyl (C=O) groups excluding carboxylic acids is 2. The molecule has 2 aromatic carbocycles. The van der Waals surface area contributed by atoms with Crippen LogP contribution in [0.25, 0.3) is 6.08 Å². The lowest BCUT2D eigenvalue weighted by Gasteiger charge is -2.13. The molecule has 122 valence electrons. The lowest BCUT2D eigenvalue weighted by atomic mass is 9.99. The molecule has 1 unspecified atom stereocenters. The van der Waals surface area contributed by atoms with Crippen molar-refractivity contribution in [3.05, 3.63) is 69.2 Å². The SMILES string of the molecule is Cc1ccc2c(c1)=NC(=O)C(CCNC(=O)c1ccc(Cl)cc1)C=2. The summed E-state index contributed by atoms with van der Waals surface area (Å²) >= 11 is 5.81. The predicted molar refractivity (Wildman–Crippen MR) is 93.3 cm³/mol. The first-order valence-corrected chi connectivity index (χ1v) is 8.15. The van der Waals surface area contributed by atoms with Gasteiger partial charge in [0.05, 0.1) is 11.3 Å². The van der Waals surface area contributed by atoms with E-state index < -0.39 is 0 Å². The molecule has 1 aliphatic heterocycles. The number of amides is 2. The van der Waals surface area contributed by atoms with Crippen LogP contribution in [0.2, 0.25) is 5.02 Å². The molecule has 4 nitrogen and oxygen atoms in total. The molecule has 0 bridgehead atoms. The van der Waals surface area contributed by atoms with E-state index in [4.69, 9.17) is 11.6 Å². The van der Waals surface area contributed by atoms with E-state index in [1.54, 1.807) is 24.3 Å². The van der Waals surface area contributed by atoms with E-state index in [-0.39, 0.29) is 17.7 Å². The summed E-state index contributed by atoms with van der Waals surface area (Å²) in [4.78, 5) is 28.3. The van der Waals surface area contributed by atoms with Gasteiger partial charge in [-0.25, -0.2) is 4.99 Å². The smallest absolute Gasteiger partial charge is 0.253 e. The molecular weight excluding hydrogens is 324 g/mol. The second-order valence-corrected chi connectivity index (χ2v) is 6.27. The molecule has 0 aliphatic carbocycles. The number of fused-ring (bicyclic) bond motifs is 1. The molecule has 1 heterocycles. The topological polar surface area (TPSA) is 58.5 Å². The molecule has 1 atom stereocenters. The van der Waals surface area contributed by atoms with E-state index in [2.05, 4.69) is 10.3 Å². The van der Waals surface area contributed by atoms with Gasteiger partial charge >= 0.3 is 0 Å². The van der Waals surface area contributed by atoms with Crippen LogP contribution < -0.4 is 15.9 Å². The molecule has 0 saturated carbocycles.